The Labute approximate surface area is 137 Å². The first-order chi connectivity index (χ1) is 10.3. The first-order valence-electron chi connectivity index (χ1n) is 8.08. The summed E-state index contributed by atoms with van der Waals surface area (Å²) in [6, 6.07) is 7.24. The minimum Gasteiger partial charge on any atom is -0.373 e. The number of aldehydes is 1. The third kappa shape index (κ3) is 10.7. The molecular weight excluding hydrogens is 328 g/mol. The fourth-order valence-electron chi connectivity index (χ4n) is 2.14. The summed E-state index contributed by atoms with van der Waals surface area (Å²) in [5.74, 6) is 0. The van der Waals surface area contributed by atoms with Crippen molar-refractivity contribution in [3.63, 3.8) is 0 Å². The third-order valence-electron chi connectivity index (χ3n) is 3.52. The van der Waals surface area contributed by atoms with Crippen molar-refractivity contribution in [1.82, 2.24) is 0 Å². The van der Waals surface area contributed by atoms with Gasteiger partial charge in [-0.15, -0.1) is 0 Å². The Kier molecular flexibility index (Phi) is 10.4. The highest BCUT2D eigenvalue weighted by Gasteiger charge is 2.20. The first-order valence-corrected chi connectivity index (χ1v) is 8.88. The van der Waals surface area contributed by atoms with E-state index >= 15 is 0 Å². The average Bonchev–Trinajstić information content (AvgIpc) is 3.31. The molecule has 0 saturated carbocycles. The van der Waals surface area contributed by atoms with E-state index in [4.69, 9.17) is 4.74 Å². The second kappa shape index (κ2) is 11.9. The first kappa shape index (κ1) is 18.4. The van der Waals surface area contributed by atoms with Crippen LogP contribution < -0.4 is 0 Å². The van der Waals surface area contributed by atoms with Gasteiger partial charge in [0.2, 0.25) is 0 Å². The monoisotopic (exact) mass is 354 g/mol. The van der Waals surface area contributed by atoms with Crippen molar-refractivity contribution < 1.29 is 9.53 Å². The van der Waals surface area contributed by atoms with E-state index in [1.54, 1.807) is 12.1 Å². The zero-order chi connectivity index (χ0) is 15.3. The molecule has 1 saturated heterocycles. The van der Waals surface area contributed by atoms with Gasteiger partial charge in [-0.2, -0.15) is 0 Å². The molecule has 1 aliphatic heterocycles. The molecular formula is C18H27BrO2. The van der Waals surface area contributed by atoms with E-state index in [-0.39, 0.29) is 0 Å². The normalized spacial score (nSPS) is 16.0. The minimum atomic E-state index is 0.653. The Morgan fingerprint density at radius 3 is 2.38 bits per heavy atom. The summed E-state index contributed by atoms with van der Waals surface area (Å²) in [5.41, 5.74) is 0.698. The summed E-state index contributed by atoms with van der Waals surface area (Å²) in [7, 11) is 0. The standard InChI is InChI=1S/C11H22O.C7H5BrO/c1-2-3-4-5-6-7-8-9-11-10-12-11;8-7-3-1-2-6(4-7)5-9/h11H,2-10H2,1H3;1-5H. The molecule has 0 aromatic heterocycles. The molecule has 21 heavy (non-hydrogen) atoms. The average molecular weight is 355 g/mol. The van der Waals surface area contributed by atoms with Gasteiger partial charge >= 0.3 is 0 Å². The number of hydrogen-bond donors (Lipinski definition) is 0. The maximum atomic E-state index is 10.1. The molecule has 1 aromatic carbocycles. The maximum Gasteiger partial charge on any atom is 0.150 e. The van der Waals surface area contributed by atoms with Gasteiger partial charge in [-0.05, 0) is 18.6 Å². The van der Waals surface area contributed by atoms with E-state index in [2.05, 4.69) is 22.9 Å². The lowest BCUT2D eigenvalue weighted by atomic mass is 10.1. The van der Waals surface area contributed by atoms with Crippen LogP contribution in [0.1, 0.15) is 68.6 Å². The van der Waals surface area contributed by atoms with Crippen molar-refractivity contribution in [3.8, 4) is 0 Å². The Bertz CT molecular complexity index is 389. The highest BCUT2D eigenvalue weighted by atomic mass is 79.9. The number of hydrogen-bond acceptors (Lipinski definition) is 2. The lowest BCUT2D eigenvalue weighted by molar-refractivity contribution is 0.112. The topological polar surface area (TPSA) is 29.6 Å². The van der Waals surface area contributed by atoms with Crippen molar-refractivity contribution in [2.75, 3.05) is 6.61 Å². The van der Waals surface area contributed by atoms with E-state index in [1.165, 1.54) is 51.4 Å². The summed E-state index contributed by atoms with van der Waals surface area (Å²) in [5, 5.41) is 0. The predicted molar refractivity (Wildman–Crippen MR) is 91.9 cm³/mol. The van der Waals surface area contributed by atoms with Gasteiger partial charge in [0, 0.05) is 10.0 Å². The minimum absolute atomic E-state index is 0.653. The molecule has 1 unspecified atom stereocenters. The Hall–Kier alpha value is -0.670. The van der Waals surface area contributed by atoms with E-state index < -0.39 is 0 Å². The Morgan fingerprint density at radius 1 is 1.19 bits per heavy atom. The van der Waals surface area contributed by atoms with E-state index in [1.807, 2.05) is 12.1 Å². The predicted octanol–water partition coefficient (Wildman–Crippen LogP) is 5.79. The molecule has 0 amide bonds. The van der Waals surface area contributed by atoms with Crippen LogP contribution in [-0.2, 0) is 4.74 Å². The van der Waals surface area contributed by atoms with Crippen LogP contribution in [0.15, 0.2) is 28.7 Å². The van der Waals surface area contributed by atoms with Crippen molar-refractivity contribution in [2.45, 2.75) is 64.4 Å². The van der Waals surface area contributed by atoms with Crippen LogP contribution in [0.3, 0.4) is 0 Å². The second-order valence-corrected chi connectivity index (χ2v) is 6.45. The van der Waals surface area contributed by atoms with Gasteiger partial charge in [-0.1, -0.05) is 79.9 Å². The summed E-state index contributed by atoms with van der Waals surface area (Å²) < 4.78 is 6.09. The zero-order valence-electron chi connectivity index (χ0n) is 13.0. The number of benzene rings is 1. The van der Waals surface area contributed by atoms with Crippen molar-refractivity contribution in [2.24, 2.45) is 0 Å². The SMILES string of the molecule is CCCCCCCCCC1CO1.O=Cc1cccc(Br)c1. The molecule has 0 bridgehead atoms. The molecule has 1 atom stereocenters. The van der Waals surface area contributed by atoms with Crippen LogP contribution in [0.25, 0.3) is 0 Å². The van der Waals surface area contributed by atoms with Gasteiger partial charge in [0.25, 0.3) is 0 Å². The lowest BCUT2D eigenvalue weighted by Crippen LogP contribution is -1.85. The van der Waals surface area contributed by atoms with Gasteiger partial charge in [0.15, 0.2) is 0 Å². The third-order valence-corrected chi connectivity index (χ3v) is 4.01. The summed E-state index contributed by atoms with van der Waals surface area (Å²) in [6.45, 7) is 3.31. The molecule has 0 radical (unpaired) electrons. The number of carbonyl (C=O) groups is 1. The number of epoxide rings is 1. The van der Waals surface area contributed by atoms with E-state index in [9.17, 15) is 4.79 Å². The maximum absolute atomic E-state index is 10.1. The van der Waals surface area contributed by atoms with Gasteiger partial charge in [-0.3, -0.25) is 4.79 Å². The highest BCUT2D eigenvalue weighted by Crippen LogP contribution is 2.18. The fraction of sp³-hybridized carbons (Fsp3) is 0.611. The largest absolute Gasteiger partial charge is 0.373 e. The lowest BCUT2D eigenvalue weighted by Gasteiger charge is -1.98. The molecule has 0 spiro atoms. The molecule has 3 heteroatoms. The quantitative estimate of drug-likeness (QED) is 0.319. The van der Waals surface area contributed by atoms with E-state index in [0.717, 1.165) is 17.4 Å². The van der Waals surface area contributed by atoms with Gasteiger partial charge in [-0.25, -0.2) is 0 Å². The number of ether oxygens (including phenoxy) is 1. The fourth-order valence-corrected chi connectivity index (χ4v) is 2.56. The summed E-state index contributed by atoms with van der Waals surface area (Å²) in [6.07, 6.45) is 12.7. The second-order valence-electron chi connectivity index (χ2n) is 5.54. The number of rotatable bonds is 9. The summed E-state index contributed by atoms with van der Waals surface area (Å²) >= 11 is 3.24. The van der Waals surface area contributed by atoms with E-state index in [0.29, 0.717) is 11.7 Å². The van der Waals surface area contributed by atoms with Crippen LogP contribution in [0.5, 0.6) is 0 Å². The molecule has 0 N–H and O–H groups in total. The number of unbranched alkanes of at least 4 members (excludes halogenated alkanes) is 6. The molecule has 1 aliphatic rings. The van der Waals surface area contributed by atoms with Crippen molar-refractivity contribution >= 4 is 22.2 Å². The van der Waals surface area contributed by atoms with Crippen LogP contribution in [-0.4, -0.2) is 19.0 Å². The molecule has 0 aliphatic carbocycles. The van der Waals surface area contributed by atoms with Crippen molar-refractivity contribution in [1.29, 1.82) is 0 Å². The molecule has 118 valence electrons. The highest BCUT2D eigenvalue weighted by molar-refractivity contribution is 9.10. The molecule has 1 heterocycles. The molecule has 1 fully saturated rings. The Balaban J connectivity index is 0.000000219. The summed E-state index contributed by atoms with van der Waals surface area (Å²) in [4.78, 5) is 10.1. The van der Waals surface area contributed by atoms with Crippen LogP contribution >= 0.6 is 15.9 Å². The van der Waals surface area contributed by atoms with Crippen LogP contribution in [0.4, 0.5) is 0 Å². The van der Waals surface area contributed by atoms with Crippen LogP contribution in [0.2, 0.25) is 0 Å². The van der Waals surface area contributed by atoms with Crippen LogP contribution in [0, 0.1) is 0 Å². The van der Waals surface area contributed by atoms with Gasteiger partial charge < -0.3 is 4.74 Å². The zero-order valence-corrected chi connectivity index (χ0v) is 14.6. The van der Waals surface area contributed by atoms with Crippen molar-refractivity contribution in [3.05, 3.63) is 34.3 Å². The Morgan fingerprint density at radius 2 is 1.86 bits per heavy atom. The number of halogens is 1. The van der Waals surface area contributed by atoms with Gasteiger partial charge in [0.1, 0.15) is 6.29 Å². The number of carbonyl (C=O) groups excluding carboxylic acids is 1. The molecule has 1 aromatic rings. The smallest absolute Gasteiger partial charge is 0.150 e. The molecule has 2 rings (SSSR count). The molecule has 2 nitrogen and oxygen atoms in total. The van der Waals surface area contributed by atoms with Gasteiger partial charge in [0.05, 0.1) is 12.7 Å².